The van der Waals surface area contributed by atoms with Crippen molar-refractivity contribution in [3.63, 3.8) is 0 Å². The van der Waals surface area contributed by atoms with Crippen LogP contribution in [-0.2, 0) is 11.3 Å². The van der Waals surface area contributed by atoms with Crippen LogP contribution in [0.15, 0.2) is 12.1 Å². The van der Waals surface area contributed by atoms with Gasteiger partial charge in [-0.2, -0.15) is 0 Å². The molecule has 0 radical (unpaired) electrons. The van der Waals surface area contributed by atoms with Crippen LogP contribution in [0.25, 0.3) is 0 Å². The number of aromatic hydroxyl groups is 1. The molecule has 0 saturated carbocycles. The van der Waals surface area contributed by atoms with Crippen LogP contribution in [0.1, 0.15) is 31.7 Å². The first kappa shape index (κ1) is 14.9. The van der Waals surface area contributed by atoms with Gasteiger partial charge in [-0.1, -0.05) is 13.8 Å². The van der Waals surface area contributed by atoms with E-state index in [0.29, 0.717) is 18.2 Å². The Kier molecular flexibility index (Phi) is 6.68. The fraction of sp³-hybridized carbons (Fsp3) is 0.643. The van der Waals surface area contributed by atoms with E-state index in [-0.39, 0.29) is 5.75 Å². The van der Waals surface area contributed by atoms with Gasteiger partial charge in [0.1, 0.15) is 5.75 Å². The summed E-state index contributed by atoms with van der Waals surface area (Å²) in [6.07, 6.45) is 0.972. The summed E-state index contributed by atoms with van der Waals surface area (Å²) in [6, 6.07) is 3.49. The SMILES string of the molecule is Cc1ccc(O)c(CNCCCOCC(C)C)n1. The first-order chi connectivity index (χ1) is 8.59. The number of hydrogen-bond donors (Lipinski definition) is 2. The number of pyridine rings is 1. The molecule has 4 heteroatoms. The van der Waals surface area contributed by atoms with Gasteiger partial charge in [0.25, 0.3) is 0 Å². The zero-order valence-corrected chi connectivity index (χ0v) is 11.6. The van der Waals surface area contributed by atoms with Crippen LogP contribution in [0, 0.1) is 12.8 Å². The third-order valence-electron chi connectivity index (χ3n) is 2.48. The van der Waals surface area contributed by atoms with Crippen LogP contribution < -0.4 is 5.32 Å². The third-order valence-corrected chi connectivity index (χ3v) is 2.48. The van der Waals surface area contributed by atoms with E-state index >= 15 is 0 Å². The summed E-state index contributed by atoms with van der Waals surface area (Å²) in [5.41, 5.74) is 1.63. The largest absolute Gasteiger partial charge is 0.506 e. The molecule has 0 aliphatic rings. The minimum absolute atomic E-state index is 0.254. The number of nitrogens with one attached hydrogen (secondary N) is 1. The van der Waals surface area contributed by atoms with E-state index in [0.717, 1.165) is 31.9 Å². The molecule has 0 amide bonds. The Hall–Kier alpha value is -1.13. The van der Waals surface area contributed by atoms with E-state index in [1.807, 2.05) is 6.92 Å². The van der Waals surface area contributed by atoms with Crippen LogP contribution in [-0.4, -0.2) is 29.8 Å². The van der Waals surface area contributed by atoms with E-state index in [4.69, 9.17) is 4.74 Å². The molecule has 0 spiro atoms. The molecule has 18 heavy (non-hydrogen) atoms. The van der Waals surface area contributed by atoms with Crippen molar-refractivity contribution in [2.45, 2.75) is 33.7 Å². The highest BCUT2D eigenvalue weighted by Crippen LogP contribution is 2.13. The highest BCUT2D eigenvalue weighted by Gasteiger charge is 2.02. The third kappa shape index (κ3) is 5.98. The minimum atomic E-state index is 0.254. The molecule has 0 saturated heterocycles. The van der Waals surface area contributed by atoms with Crippen LogP contribution >= 0.6 is 0 Å². The highest BCUT2D eigenvalue weighted by molar-refractivity contribution is 5.27. The second-order valence-corrected chi connectivity index (χ2v) is 4.92. The summed E-state index contributed by atoms with van der Waals surface area (Å²) in [5, 5.41) is 12.9. The van der Waals surface area contributed by atoms with Gasteiger partial charge < -0.3 is 15.2 Å². The van der Waals surface area contributed by atoms with Crippen molar-refractivity contribution >= 4 is 0 Å². The average Bonchev–Trinajstić information content (AvgIpc) is 2.32. The van der Waals surface area contributed by atoms with Crippen molar-refractivity contribution in [3.05, 3.63) is 23.5 Å². The zero-order valence-electron chi connectivity index (χ0n) is 11.6. The molecule has 0 unspecified atom stereocenters. The lowest BCUT2D eigenvalue weighted by Gasteiger charge is -2.08. The maximum atomic E-state index is 9.61. The van der Waals surface area contributed by atoms with Crippen molar-refractivity contribution in [1.29, 1.82) is 0 Å². The topological polar surface area (TPSA) is 54.4 Å². The molecule has 0 atom stereocenters. The Bertz CT molecular complexity index is 354. The molecule has 1 aromatic heterocycles. The summed E-state index contributed by atoms with van der Waals surface area (Å²) in [4.78, 5) is 4.29. The molecule has 0 fully saturated rings. The first-order valence-electron chi connectivity index (χ1n) is 6.53. The van der Waals surface area contributed by atoms with Gasteiger partial charge in [-0.3, -0.25) is 4.98 Å². The lowest BCUT2D eigenvalue weighted by molar-refractivity contribution is 0.108. The lowest BCUT2D eigenvalue weighted by Crippen LogP contribution is -2.18. The van der Waals surface area contributed by atoms with Crippen molar-refractivity contribution in [1.82, 2.24) is 10.3 Å². The molecule has 1 aromatic rings. The summed E-state index contributed by atoms with van der Waals surface area (Å²) in [5.74, 6) is 0.843. The van der Waals surface area contributed by atoms with Crippen molar-refractivity contribution in [2.24, 2.45) is 5.92 Å². The normalized spacial score (nSPS) is 11.1. The summed E-state index contributed by atoms with van der Waals surface area (Å²) in [7, 11) is 0. The quantitative estimate of drug-likeness (QED) is 0.697. The zero-order chi connectivity index (χ0) is 13.4. The number of hydrogen-bond acceptors (Lipinski definition) is 4. The molecule has 0 aliphatic heterocycles. The van der Waals surface area contributed by atoms with Gasteiger partial charge in [-0.05, 0) is 37.9 Å². The summed E-state index contributed by atoms with van der Waals surface area (Å²) >= 11 is 0. The second-order valence-electron chi connectivity index (χ2n) is 4.92. The van der Waals surface area contributed by atoms with Gasteiger partial charge >= 0.3 is 0 Å². The fourth-order valence-corrected chi connectivity index (χ4v) is 1.56. The lowest BCUT2D eigenvalue weighted by atomic mass is 10.2. The highest BCUT2D eigenvalue weighted by atomic mass is 16.5. The first-order valence-corrected chi connectivity index (χ1v) is 6.53. The Morgan fingerprint density at radius 1 is 1.39 bits per heavy atom. The maximum absolute atomic E-state index is 9.61. The molecule has 0 bridgehead atoms. The molecule has 1 heterocycles. The Morgan fingerprint density at radius 3 is 2.89 bits per heavy atom. The molecule has 102 valence electrons. The van der Waals surface area contributed by atoms with Gasteiger partial charge in [0.2, 0.25) is 0 Å². The van der Waals surface area contributed by atoms with Crippen molar-refractivity contribution in [2.75, 3.05) is 19.8 Å². The van der Waals surface area contributed by atoms with Gasteiger partial charge in [-0.25, -0.2) is 0 Å². The predicted octanol–water partition coefficient (Wildman–Crippen LogP) is 2.25. The smallest absolute Gasteiger partial charge is 0.138 e. The molecule has 0 aromatic carbocycles. The fourth-order valence-electron chi connectivity index (χ4n) is 1.56. The molecule has 4 nitrogen and oxygen atoms in total. The van der Waals surface area contributed by atoms with Crippen LogP contribution in [0.3, 0.4) is 0 Å². The van der Waals surface area contributed by atoms with Crippen LogP contribution in [0.2, 0.25) is 0 Å². The Morgan fingerprint density at radius 2 is 2.17 bits per heavy atom. The van der Waals surface area contributed by atoms with E-state index in [2.05, 4.69) is 24.1 Å². The molecule has 2 N–H and O–H groups in total. The number of ether oxygens (including phenoxy) is 1. The van der Waals surface area contributed by atoms with Gasteiger partial charge in [0, 0.05) is 25.5 Å². The monoisotopic (exact) mass is 252 g/mol. The van der Waals surface area contributed by atoms with E-state index in [1.165, 1.54) is 0 Å². The van der Waals surface area contributed by atoms with E-state index < -0.39 is 0 Å². The minimum Gasteiger partial charge on any atom is -0.506 e. The number of rotatable bonds is 8. The van der Waals surface area contributed by atoms with Gasteiger partial charge in [0.15, 0.2) is 0 Å². The van der Waals surface area contributed by atoms with Gasteiger partial charge in [0.05, 0.1) is 5.69 Å². The predicted molar refractivity (Wildman–Crippen MR) is 72.6 cm³/mol. The van der Waals surface area contributed by atoms with Gasteiger partial charge in [-0.15, -0.1) is 0 Å². The second kappa shape index (κ2) is 8.06. The summed E-state index contributed by atoms with van der Waals surface area (Å²) < 4.78 is 5.49. The molecular weight excluding hydrogens is 228 g/mol. The number of nitrogens with zero attached hydrogens (tertiary/aromatic N) is 1. The van der Waals surface area contributed by atoms with Crippen LogP contribution in [0.4, 0.5) is 0 Å². The summed E-state index contributed by atoms with van der Waals surface area (Å²) in [6.45, 7) is 9.26. The Balaban J connectivity index is 2.12. The molecule has 0 aliphatic carbocycles. The molecular formula is C14H24N2O2. The average molecular weight is 252 g/mol. The van der Waals surface area contributed by atoms with E-state index in [9.17, 15) is 5.11 Å². The van der Waals surface area contributed by atoms with E-state index in [1.54, 1.807) is 12.1 Å². The van der Waals surface area contributed by atoms with Crippen molar-refractivity contribution in [3.8, 4) is 5.75 Å². The van der Waals surface area contributed by atoms with Crippen molar-refractivity contribution < 1.29 is 9.84 Å². The standard InChI is InChI=1S/C14H24N2O2/c1-11(2)10-18-8-4-7-15-9-13-14(17)6-5-12(3)16-13/h5-6,11,15,17H,4,7-10H2,1-3H3. The maximum Gasteiger partial charge on any atom is 0.138 e. The van der Waals surface area contributed by atoms with Crippen LogP contribution in [0.5, 0.6) is 5.75 Å². The Labute approximate surface area is 109 Å². The molecule has 1 rings (SSSR count). The number of aromatic nitrogens is 1. The number of aryl methyl sites for hydroxylation is 1.